The smallest absolute Gasteiger partial charge is 0.224 e. The number of nitrogens with one attached hydrogen (secondary N) is 1. The minimum atomic E-state index is 0.165. The van der Waals surface area contributed by atoms with Gasteiger partial charge in [-0.3, -0.25) is 9.69 Å². The molecule has 3 fully saturated rings. The number of benzene rings is 1. The Hall–Kier alpha value is -1.55. The van der Waals surface area contributed by atoms with Crippen LogP contribution in [0.4, 0.5) is 11.4 Å². The summed E-state index contributed by atoms with van der Waals surface area (Å²) >= 11 is 0. The molecule has 0 radical (unpaired) electrons. The number of amides is 1. The number of piperazine rings is 1. The molecule has 1 aromatic rings. The van der Waals surface area contributed by atoms with Crippen molar-refractivity contribution in [2.75, 3.05) is 36.4 Å². The fourth-order valence-corrected chi connectivity index (χ4v) is 4.51. The number of carbonyl (C=O) groups excluding carboxylic acids is 1. The molecule has 0 unspecified atom stereocenters. The lowest BCUT2D eigenvalue weighted by Gasteiger charge is -2.39. The monoisotopic (exact) mass is 341 g/mol. The van der Waals surface area contributed by atoms with Gasteiger partial charge in [-0.2, -0.15) is 0 Å². The first kappa shape index (κ1) is 16.9. The molecule has 2 saturated heterocycles. The first-order valence-corrected chi connectivity index (χ1v) is 9.84. The van der Waals surface area contributed by atoms with E-state index in [2.05, 4.69) is 48.0 Å². The third-order valence-corrected chi connectivity index (χ3v) is 6.43. The number of aryl methyl sites for hydroxylation is 2. The van der Waals surface area contributed by atoms with Crippen LogP contribution in [-0.2, 0) is 4.79 Å². The van der Waals surface area contributed by atoms with Gasteiger partial charge in [-0.1, -0.05) is 6.92 Å². The Morgan fingerprint density at radius 1 is 1.20 bits per heavy atom. The topological polar surface area (TPSA) is 35.6 Å². The molecule has 1 N–H and O–H groups in total. The van der Waals surface area contributed by atoms with Crippen molar-refractivity contribution >= 4 is 17.3 Å². The molecule has 1 atom stereocenters. The van der Waals surface area contributed by atoms with Gasteiger partial charge in [-0.05, 0) is 74.8 Å². The Kier molecular flexibility index (Phi) is 4.27. The van der Waals surface area contributed by atoms with Gasteiger partial charge < -0.3 is 10.2 Å². The normalized spacial score (nSPS) is 24.9. The average molecular weight is 341 g/mol. The van der Waals surface area contributed by atoms with Gasteiger partial charge in [0.1, 0.15) is 0 Å². The fourth-order valence-electron chi connectivity index (χ4n) is 4.51. The van der Waals surface area contributed by atoms with E-state index in [1.165, 1.54) is 55.6 Å². The van der Waals surface area contributed by atoms with Crippen molar-refractivity contribution in [2.24, 2.45) is 5.41 Å². The van der Waals surface area contributed by atoms with Crippen molar-refractivity contribution in [1.82, 2.24) is 4.90 Å². The lowest BCUT2D eigenvalue weighted by atomic mass is 10.0. The Bertz CT molecular complexity index is 657. The molecule has 1 aliphatic carbocycles. The second-order valence-corrected chi connectivity index (χ2v) is 8.77. The van der Waals surface area contributed by atoms with Crippen molar-refractivity contribution in [1.29, 1.82) is 0 Å². The Morgan fingerprint density at radius 3 is 2.60 bits per heavy atom. The number of rotatable bonds is 4. The number of nitrogens with zero attached hydrogens (tertiary/aromatic N) is 2. The maximum Gasteiger partial charge on any atom is 0.224 e. The van der Waals surface area contributed by atoms with Crippen LogP contribution in [0, 0.1) is 19.3 Å². The molecule has 0 aromatic heterocycles. The molecule has 2 heterocycles. The molecule has 2 aliphatic heterocycles. The van der Waals surface area contributed by atoms with E-state index < -0.39 is 0 Å². The second kappa shape index (κ2) is 6.31. The molecule has 4 nitrogen and oxygen atoms in total. The van der Waals surface area contributed by atoms with E-state index in [0.717, 1.165) is 24.8 Å². The van der Waals surface area contributed by atoms with Gasteiger partial charge in [0.2, 0.25) is 5.91 Å². The van der Waals surface area contributed by atoms with E-state index in [0.29, 0.717) is 6.42 Å². The van der Waals surface area contributed by atoms with Crippen LogP contribution in [0.3, 0.4) is 0 Å². The highest BCUT2D eigenvalue weighted by Crippen LogP contribution is 2.48. The van der Waals surface area contributed by atoms with Crippen molar-refractivity contribution in [2.45, 2.75) is 58.9 Å². The fraction of sp³-hybridized carbons (Fsp3) is 0.667. The maximum absolute atomic E-state index is 12.4. The van der Waals surface area contributed by atoms with Gasteiger partial charge in [-0.25, -0.2) is 0 Å². The molecule has 1 saturated carbocycles. The van der Waals surface area contributed by atoms with Crippen LogP contribution in [0.2, 0.25) is 0 Å². The lowest BCUT2D eigenvalue weighted by molar-refractivity contribution is -0.117. The maximum atomic E-state index is 12.4. The van der Waals surface area contributed by atoms with E-state index >= 15 is 0 Å². The summed E-state index contributed by atoms with van der Waals surface area (Å²) in [7, 11) is 0. The predicted molar refractivity (Wildman–Crippen MR) is 103 cm³/mol. The van der Waals surface area contributed by atoms with Gasteiger partial charge in [0.05, 0.1) is 0 Å². The Labute approximate surface area is 151 Å². The summed E-state index contributed by atoms with van der Waals surface area (Å²) in [5.41, 5.74) is 4.94. The molecule has 1 aromatic carbocycles. The van der Waals surface area contributed by atoms with Gasteiger partial charge in [0.15, 0.2) is 0 Å². The third-order valence-electron chi connectivity index (χ3n) is 6.43. The molecule has 3 aliphatic rings. The number of hydrogen-bond donors (Lipinski definition) is 1. The SMILES string of the molecule is Cc1cc(N2CCN3CCC[C@H]3C2)cc(C)c1NC(=O)CC1(C)CC1. The molecule has 4 heteroatoms. The van der Waals surface area contributed by atoms with Crippen molar-refractivity contribution in [3.05, 3.63) is 23.3 Å². The summed E-state index contributed by atoms with van der Waals surface area (Å²) in [6.07, 6.45) is 5.70. The van der Waals surface area contributed by atoms with E-state index in [4.69, 9.17) is 0 Å². The molecule has 136 valence electrons. The van der Waals surface area contributed by atoms with Gasteiger partial charge in [0, 0.05) is 43.5 Å². The zero-order valence-corrected chi connectivity index (χ0v) is 15.9. The minimum absolute atomic E-state index is 0.165. The van der Waals surface area contributed by atoms with Crippen LogP contribution < -0.4 is 10.2 Å². The standard InChI is InChI=1S/C21H31N3O/c1-15-11-18(24-10-9-23-8-4-5-17(23)14-24)12-16(2)20(15)22-19(25)13-21(3)6-7-21/h11-12,17H,4-10,13-14H2,1-3H3,(H,22,25)/t17-/m0/s1. The Balaban J connectivity index is 1.47. The van der Waals surface area contributed by atoms with Crippen molar-refractivity contribution in [3.8, 4) is 0 Å². The highest BCUT2D eigenvalue weighted by Gasteiger charge is 2.39. The van der Waals surface area contributed by atoms with Gasteiger partial charge in [0.25, 0.3) is 0 Å². The summed E-state index contributed by atoms with van der Waals surface area (Å²) in [5, 5.41) is 3.18. The summed E-state index contributed by atoms with van der Waals surface area (Å²) in [4.78, 5) is 17.5. The van der Waals surface area contributed by atoms with Crippen LogP contribution in [0.15, 0.2) is 12.1 Å². The summed E-state index contributed by atoms with van der Waals surface area (Å²) in [6.45, 7) is 11.2. The third kappa shape index (κ3) is 3.55. The lowest BCUT2D eigenvalue weighted by Crippen LogP contribution is -2.50. The van der Waals surface area contributed by atoms with Crippen LogP contribution in [0.25, 0.3) is 0 Å². The summed E-state index contributed by atoms with van der Waals surface area (Å²) in [6, 6.07) is 5.24. The minimum Gasteiger partial charge on any atom is -0.369 e. The first-order valence-electron chi connectivity index (χ1n) is 9.84. The number of carbonyl (C=O) groups is 1. The molecule has 0 bridgehead atoms. The quantitative estimate of drug-likeness (QED) is 0.907. The zero-order chi connectivity index (χ0) is 17.6. The molecule has 1 amide bonds. The van der Waals surface area contributed by atoms with Crippen LogP contribution in [0.5, 0.6) is 0 Å². The van der Waals surface area contributed by atoms with E-state index in [9.17, 15) is 4.79 Å². The van der Waals surface area contributed by atoms with Crippen LogP contribution in [-0.4, -0.2) is 43.0 Å². The largest absolute Gasteiger partial charge is 0.369 e. The Morgan fingerprint density at radius 2 is 1.92 bits per heavy atom. The number of hydrogen-bond acceptors (Lipinski definition) is 3. The average Bonchev–Trinajstić information content (AvgIpc) is 3.10. The first-order chi connectivity index (χ1) is 11.9. The van der Waals surface area contributed by atoms with Crippen LogP contribution in [0.1, 0.15) is 50.2 Å². The van der Waals surface area contributed by atoms with Gasteiger partial charge in [-0.15, -0.1) is 0 Å². The summed E-state index contributed by atoms with van der Waals surface area (Å²) < 4.78 is 0. The van der Waals surface area contributed by atoms with Crippen molar-refractivity contribution in [3.63, 3.8) is 0 Å². The zero-order valence-electron chi connectivity index (χ0n) is 15.9. The molecule has 4 rings (SSSR count). The number of fused-ring (bicyclic) bond motifs is 1. The van der Waals surface area contributed by atoms with Gasteiger partial charge >= 0.3 is 0 Å². The van der Waals surface area contributed by atoms with Crippen molar-refractivity contribution < 1.29 is 4.79 Å². The molecular weight excluding hydrogens is 310 g/mol. The van der Waals surface area contributed by atoms with Crippen LogP contribution >= 0.6 is 0 Å². The predicted octanol–water partition coefficient (Wildman–Crippen LogP) is 3.72. The highest BCUT2D eigenvalue weighted by atomic mass is 16.1. The highest BCUT2D eigenvalue weighted by molar-refractivity contribution is 5.93. The molecular formula is C21H31N3O. The van der Waals surface area contributed by atoms with E-state index in [1.54, 1.807) is 0 Å². The number of anilines is 2. The summed E-state index contributed by atoms with van der Waals surface area (Å²) in [5.74, 6) is 0.165. The molecule has 25 heavy (non-hydrogen) atoms. The van der Waals surface area contributed by atoms with E-state index in [1.807, 2.05) is 0 Å². The van der Waals surface area contributed by atoms with E-state index in [-0.39, 0.29) is 11.3 Å². The molecule has 0 spiro atoms. The second-order valence-electron chi connectivity index (χ2n) is 8.77.